The highest BCUT2D eigenvalue weighted by Gasteiger charge is 2.12. The van der Waals surface area contributed by atoms with Gasteiger partial charge in [0.05, 0.1) is 0 Å². The van der Waals surface area contributed by atoms with Gasteiger partial charge in [-0.1, -0.05) is 19.1 Å². The fraction of sp³-hybridized carbons (Fsp3) is 0.231. The fourth-order valence-corrected chi connectivity index (χ4v) is 2.87. The molecule has 2 rings (SSSR count). The molecule has 16 heavy (non-hydrogen) atoms. The van der Waals surface area contributed by atoms with Gasteiger partial charge in [0.1, 0.15) is 6.10 Å². The van der Waals surface area contributed by atoms with Crippen molar-refractivity contribution >= 4 is 33.9 Å². The van der Waals surface area contributed by atoms with Crippen molar-refractivity contribution in [3.05, 3.63) is 55.3 Å². The third-order valence-corrected chi connectivity index (χ3v) is 4.49. The van der Waals surface area contributed by atoms with E-state index >= 15 is 0 Å². The number of benzene rings is 1. The maximum absolute atomic E-state index is 10.2. The Morgan fingerprint density at radius 3 is 2.44 bits per heavy atom. The van der Waals surface area contributed by atoms with E-state index in [2.05, 4.69) is 35.6 Å². The van der Waals surface area contributed by atoms with Crippen molar-refractivity contribution in [2.45, 2.75) is 19.4 Å². The molecule has 3 heteroatoms. The second-order valence-corrected chi connectivity index (χ2v) is 6.06. The highest BCUT2D eigenvalue weighted by molar-refractivity contribution is 14.1. The van der Waals surface area contributed by atoms with Crippen molar-refractivity contribution in [1.82, 2.24) is 0 Å². The fourth-order valence-electron chi connectivity index (χ4n) is 1.54. The summed E-state index contributed by atoms with van der Waals surface area (Å²) >= 11 is 3.95. The zero-order chi connectivity index (χ0) is 11.5. The monoisotopic (exact) mass is 344 g/mol. The van der Waals surface area contributed by atoms with Gasteiger partial charge >= 0.3 is 0 Å². The molecule has 1 aromatic carbocycles. The summed E-state index contributed by atoms with van der Waals surface area (Å²) in [7, 11) is 0. The summed E-state index contributed by atoms with van der Waals surface area (Å²) in [6.45, 7) is 2.13. The van der Waals surface area contributed by atoms with Gasteiger partial charge in [0.2, 0.25) is 0 Å². The van der Waals surface area contributed by atoms with Crippen LogP contribution in [0.15, 0.2) is 36.4 Å². The smallest absolute Gasteiger partial charge is 0.113 e. The van der Waals surface area contributed by atoms with E-state index < -0.39 is 6.10 Å². The molecule has 84 valence electrons. The summed E-state index contributed by atoms with van der Waals surface area (Å²) in [4.78, 5) is 2.35. The van der Waals surface area contributed by atoms with E-state index in [0.29, 0.717) is 0 Å². The summed E-state index contributed by atoms with van der Waals surface area (Å²) in [6.07, 6.45) is 0.548. The lowest BCUT2D eigenvalue weighted by Crippen LogP contribution is -1.96. The van der Waals surface area contributed by atoms with Crippen molar-refractivity contribution in [3.8, 4) is 0 Å². The number of rotatable bonds is 3. The topological polar surface area (TPSA) is 20.2 Å². The van der Waals surface area contributed by atoms with E-state index in [9.17, 15) is 5.11 Å². The molecule has 1 N–H and O–H groups in total. The lowest BCUT2D eigenvalue weighted by molar-refractivity contribution is 0.224. The normalized spacial score (nSPS) is 12.7. The SMILES string of the molecule is CCc1ccc(C(O)c2ccc(I)cc2)s1. The summed E-state index contributed by atoms with van der Waals surface area (Å²) in [6, 6.07) is 12.1. The molecule has 0 aliphatic rings. The molecule has 0 aliphatic carbocycles. The Bertz CT molecular complexity index is 461. The second-order valence-electron chi connectivity index (χ2n) is 3.61. The number of hydrogen-bond donors (Lipinski definition) is 1. The first-order valence-electron chi connectivity index (χ1n) is 5.23. The number of aryl methyl sites for hydroxylation is 1. The molecule has 1 nitrogen and oxygen atoms in total. The van der Waals surface area contributed by atoms with E-state index in [4.69, 9.17) is 0 Å². The molecule has 2 aromatic rings. The van der Waals surface area contributed by atoms with Crippen LogP contribution in [0.4, 0.5) is 0 Å². The molecule has 0 aliphatic heterocycles. The third-order valence-electron chi connectivity index (χ3n) is 2.49. The van der Waals surface area contributed by atoms with Crippen LogP contribution in [0.5, 0.6) is 0 Å². The van der Waals surface area contributed by atoms with Crippen LogP contribution in [0, 0.1) is 3.57 Å². The number of halogens is 1. The number of aliphatic hydroxyl groups is 1. The summed E-state index contributed by atoms with van der Waals surface area (Å²) in [5.74, 6) is 0. The maximum atomic E-state index is 10.2. The Kier molecular flexibility index (Phi) is 4.00. The highest BCUT2D eigenvalue weighted by atomic mass is 127. The zero-order valence-electron chi connectivity index (χ0n) is 8.98. The van der Waals surface area contributed by atoms with Crippen LogP contribution in [-0.2, 0) is 6.42 Å². The zero-order valence-corrected chi connectivity index (χ0v) is 12.0. The maximum Gasteiger partial charge on any atom is 0.113 e. The predicted octanol–water partition coefficient (Wildman–Crippen LogP) is 4.00. The van der Waals surface area contributed by atoms with Gasteiger partial charge in [-0.25, -0.2) is 0 Å². The average Bonchev–Trinajstić information content (AvgIpc) is 2.77. The minimum Gasteiger partial charge on any atom is -0.383 e. The Morgan fingerprint density at radius 2 is 1.88 bits per heavy atom. The summed E-state index contributed by atoms with van der Waals surface area (Å²) < 4.78 is 1.19. The quantitative estimate of drug-likeness (QED) is 0.835. The molecule has 1 atom stereocenters. The molecule has 0 fully saturated rings. The molecule has 0 amide bonds. The van der Waals surface area contributed by atoms with Crippen LogP contribution in [-0.4, -0.2) is 5.11 Å². The lowest BCUT2D eigenvalue weighted by atomic mass is 10.1. The van der Waals surface area contributed by atoms with Gasteiger partial charge in [-0.3, -0.25) is 0 Å². The molecule has 0 saturated carbocycles. The van der Waals surface area contributed by atoms with Crippen molar-refractivity contribution < 1.29 is 5.11 Å². The number of hydrogen-bond acceptors (Lipinski definition) is 2. The van der Waals surface area contributed by atoms with Crippen LogP contribution in [0.1, 0.15) is 28.3 Å². The van der Waals surface area contributed by atoms with Crippen LogP contribution in [0.2, 0.25) is 0 Å². The van der Waals surface area contributed by atoms with Gasteiger partial charge < -0.3 is 5.11 Å². The Labute approximate surface area is 113 Å². The molecule has 1 unspecified atom stereocenters. The van der Waals surface area contributed by atoms with Gasteiger partial charge in [-0.2, -0.15) is 0 Å². The Balaban J connectivity index is 2.24. The van der Waals surface area contributed by atoms with Gasteiger partial charge in [-0.15, -0.1) is 11.3 Å². The van der Waals surface area contributed by atoms with Crippen LogP contribution >= 0.6 is 33.9 Å². The first kappa shape index (κ1) is 12.1. The standard InChI is InChI=1S/C13H13IOS/c1-2-11-7-8-12(16-11)13(15)9-3-5-10(14)6-4-9/h3-8,13,15H,2H2,1H3. The minimum absolute atomic E-state index is 0.484. The molecule has 1 heterocycles. The van der Waals surface area contributed by atoms with Crippen molar-refractivity contribution in [3.63, 3.8) is 0 Å². The highest BCUT2D eigenvalue weighted by Crippen LogP contribution is 2.28. The summed E-state index contributed by atoms with van der Waals surface area (Å²) in [5.41, 5.74) is 0.963. The van der Waals surface area contributed by atoms with Crippen LogP contribution < -0.4 is 0 Å². The van der Waals surface area contributed by atoms with E-state index in [1.165, 1.54) is 8.45 Å². The minimum atomic E-state index is -0.484. The molecular formula is C13H13IOS. The third kappa shape index (κ3) is 2.64. The molecule has 0 saturated heterocycles. The predicted molar refractivity (Wildman–Crippen MR) is 76.9 cm³/mol. The summed E-state index contributed by atoms with van der Waals surface area (Å²) in [5, 5.41) is 10.2. The Hall–Kier alpha value is -0.390. The van der Waals surface area contributed by atoms with Crippen molar-refractivity contribution in [1.29, 1.82) is 0 Å². The lowest BCUT2D eigenvalue weighted by Gasteiger charge is -2.08. The Morgan fingerprint density at radius 1 is 1.19 bits per heavy atom. The largest absolute Gasteiger partial charge is 0.383 e. The van der Waals surface area contributed by atoms with E-state index in [1.54, 1.807) is 11.3 Å². The van der Waals surface area contributed by atoms with Gasteiger partial charge in [-0.05, 0) is 58.8 Å². The van der Waals surface area contributed by atoms with Crippen molar-refractivity contribution in [2.75, 3.05) is 0 Å². The molecule has 0 bridgehead atoms. The molecule has 0 spiro atoms. The molecule has 0 radical (unpaired) electrons. The second kappa shape index (κ2) is 5.29. The van der Waals surface area contributed by atoms with E-state index in [-0.39, 0.29) is 0 Å². The van der Waals surface area contributed by atoms with Gasteiger partial charge in [0.25, 0.3) is 0 Å². The van der Waals surface area contributed by atoms with Crippen LogP contribution in [0.3, 0.4) is 0 Å². The van der Waals surface area contributed by atoms with Crippen LogP contribution in [0.25, 0.3) is 0 Å². The molecular weight excluding hydrogens is 331 g/mol. The van der Waals surface area contributed by atoms with Gasteiger partial charge in [0.15, 0.2) is 0 Å². The van der Waals surface area contributed by atoms with E-state index in [0.717, 1.165) is 16.9 Å². The van der Waals surface area contributed by atoms with Gasteiger partial charge in [0, 0.05) is 13.3 Å². The number of aliphatic hydroxyl groups excluding tert-OH is 1. The number of thiophene rings is 1. The molecule has 1 aromatic heterocycles. The average molecular weight is 344 g/mol. The first-order chi connectivity index (χ1) is 7.70. The van der Waals surface area contributed by atoms with Crippen molar-refractivity contribution in [2.24, 2.45) is 0 Å². The van der Waals surface area contributed by atoms with E-state index in [1.807, 2.05) is 30.3 Å². The first-order valence-corrected chi connectivity index (χ1v) is 7.12.